The maximum atomic E-state index is 2.61. The fourth-order valence-electron chi connectivity index (χ4n) is 6.16. The van der Waals surface area contributed by atoms with Gasteiger partial charge >= 0.3 is 0 Å². The van der Waals surface area contributed by atoms with Crippen molar-refractivity contribution in [3.63, 3.8) is 0 Å². The lowest BCUT2D eigenvalue weighted by Crippen LogP contribution is -2.52. The lowest BCUT2D eigenvalue weighted by molar-refractivity contribution is 0.491. The molecule has 0 heterocycles. The largest absolute Gasteiger partial charge is 0.109 e. The van der Waals surface area contributed by atoms with E-state index in [9.17, 15) is 0 Å². The molecular formula is C27H34Si. The number of hydrogen-bond donors (Lipinski definition) is 0. The molecule has 1 fully saturated rings. The highest BCUT2D eigenvalue weighted by molar-refractivity contribution is 6.87. The van der Waals surface area contributed by atoms with Gasteiger partial charge in [0, 0.05) is 0 Å². The molecule has 2 aromatic carbocycles. The maximum Gasteiger partial charge on any atom is 0.109 e. The van der Waals surface area contributed by atoms with Gasteiger partial charge in [0.05, 0.1) is 0 Å². The Labute approximate surface area is 173 Å². The molecule has 3 unspecified atom stereocenters. The summed E-state index contributed by atoms with van der Waals surface area (Å²) in [4.78, 5) is 0. The van der Waals surface area contributed by atoms with Gasteiger partial charge in [0.15, 0.2) is 0 Å². The minimum atomic E-state index is -1.43. The Bertz CT molecular complexity index is 872. The number of fused-ring (bicyclic) bond motifs is 1. The van der Waals surface area contributed by atoms with Crippen molar-refractivity contribution in [1.29, 1.82) is 0 Å². The number of allylic oxidation sites excluding steroid dienone is 4. The topological polar surface area (TPSA) is 0 Å². The van der Waals surface area contributed by atoms with E-state index in [0.29, 0.717) is 11.0 Å². The predicted molar refractivity (Wildman–Crippen MR) is 126 cm³/mol. The Kier molecular flexibility index (Phi) is 4.99. The van der Waals surface area contributed by atoms with Crippen LogP contribution in [0.1, 0.15) is 48.9 Å². The van der Waals surface area contributed by atoms with Gasteiger partial charge in [-0.3, -0.25) is 0 Å². The molecular weight excluding hydrogens is 352 g/mol. The van der Waals surface area contributed by atoms with E-state index in [1.165, 1.54) is 35.1 Å². The summed E-state index contributed by atoms with van der Waals surface area (Å²) >= 11 is 0. The Morgan fingerprint density at radius 1 is 0.821 bits per heavy atom. The molecule has 0 nitrogen and oxygen atoms in total. The fourth-order valence-corrected chi connectivity index (χ4v) is 11.0. The number of rotatable bonds is 3. The summed E-state index contributed by atoms with van der Waals surface area (Å²) in [6, 6.07) is 14.6. The van der Waals surface area contributed by atoms with Crippen LogP contribution in [0.5, 0.6) is 0 Å². The van der Waals surface area contributed by atoms with E-state index in [0.717, 1.165) is 5.92 Å². The third-order valence-electron chi connectivity index (χ3n) is 7.31. The molecule has 2 aromatic rings. The molecule has 1 saturated carbocycles. The van der Waals surface area contributed by atoms with Gasteiger partial charge in [0.2, 0.25) is 0 Å². The van der Waals surface area contributed by atoms with Crippen molar-refractivity contribution in [2.75, 3.05) is 0 Å². The van der Waals surface area contributed by atoms with E-state index in [2.05, 4.69) is 96.2 Å². The summed E-state index contributed by atoms with van der Waals surface area (Å²) in [5.74, 6) is 1.40. The summed E-state index contributed by atoms with van der Waals surface area (Å²) < 4.78 is 0. The molecule has 3 atom stereocenters. The summed E-state index contributed by atoms with van der Waals surface area (Å²) in [6.45, 7) is 14.2. The van der Waals surface area contributed by atoms with Crippen LogP contribution in [0, 0.1) is 39.5 Å². The van der Waals surface area contributed by atoms with E-state index in [-0.39, 0.29) is 0 Å². The van der Waals surface area contributed by atoms with Crippen molar-refractivity contribution in [3.05, 3.63) is 82.5 Å². The number of aryl methyl sites for hydroxylation is 4. The fraction of sp³-hybridized carbons (Fsp3) is 0.407. The smallest absolute Gasteiger partial charge is 0.0839 e. The molecule has 0 spiro atoms. The average Bonchev–Trinajstić information content (AvgIpc) is 2.85. The van der Waals surface area contributed by atoms with Gasteiger partial charge < -0.3 is 0 Å². The molecule has 0 saturated heterocycles. The number of hydrogen-bond acceptors (Lipinski definition) is 0. The van der Waals surface area contributed by atoms with Crippen LogP contribution in [-0.2, 0) is 0 Å². The van der Waals surface area contributed by atoms with E-state index in [4.69, 9.17) is 0 Å². The van der Waals surface area contributed by atoms with Crippen LogP contribution in [0.2, 0.25) is 5.04 Å². The van der Waals surface area contributed by atoms with Crippen molar-refractivity contribution < 1.29 is 0 Å². The van der Waals surface area contributed by atoms with Crippen LogP contribution in [0.3, 0.4) is 0 Å². The Hall–Kier alpha value is -1.86. The molecule has 0 amide bonds. The first-order chi connectivity index (χ1) is 13.3. The first kappa shape index (κ1) is 19.5. The van der Waals surface area contributed by atoms with Crippen molar-refractivity contribution in [2.24, 2.45) is 11.8 Å². The van der Waals surface area contributed by atoms with Gasteiger partial charge in [-0.15, -0.1) is 0 Å². The molecule has 146 valence electrons. The second-order valence-electron chi connectivity index (χ2n) is 9.73. The summed E-state index contributed by atoms with van der Waals surface area (Å²) in [5, 5.41) is 3.62. The molecule has 0 radical (unpaired) electrons. The molecule has 0 aliphatic heterocycles. The van der Waals surface area contributed by atoms with Crippen molar-refractivity contribution in [3.8, 4) is 0 Å². The van der Waals surface area contributed by atoms with Crippen LogP contribution in [0.4, 0.5) is 0 Å². The third kappa shape index (κ3) is 3.35. The molecule has 1 heteroatoms. The highest BCUT2D eigenvalue weighted by Crippen LogP contribution is 2.58. The predicted octanol–water partition coefficient (Wildman–Crippen LogP) is 5.56. The Morgan fingerprint density at radius 3 is 1.79 bits per heavy atom. The SMILES string of the molecule is Cc1cc(C)cc([SiH](c2cc(C)cc(C)c2)C2(C)CC3CC=CC=C3C2C)c1. The standard InChI is InChI=1S/C27H34Si/c1-18-11-19(2)14-24(13-18)28(25-15-20(3)12-21(4)16-25)27(6)17-23-9-7-8-10-26(23)22(27)5/h7-8,10-16,22-23,28H,9,17H2,1-6H3. The van der Waals surface area contributed by atoms with Crippen LogP contribution >= 0.6 is 0 Å². The summed E-state index contributed by atoms with van der Waals surface area (Å²) in [7, 11) is -1.43. The quantitative estimate of drug-likeness (QED) is 0.605. The molecule has 0 N–H and O–H groups in total. The normalized spacial score (nSPS) is 26.5. The highest BCUT2D eigenvalue weighted by atomic mass is 28.3. The molecule has 2 aliphatic carbocycles. The molecule has 0 bridgehead atoms. The Morgan fingerprint density at radius 2 is 1.32 bits per heavy atom. The van der Waals surface area contributed by atoms with Gasteiger partial charge in [0.1, 0.15) is 8.80 Å². The van der Waals surface area contributed by atoms with E-state index < -0.39 is 8.80 Å². The van der Waals surface area contributed by atoms with Gasteiger partial charge in [-0.1, -0.05) is 107 Å². The van der Waals surface area contributed by atoms with Crippen LogP contribution in [-0.4, -0.2) is 8.80 Å². The monoisotopic (exact) mass is 386 g/mol. The molecule has 28 heavy (non-hydrogen) atoms. The van der Waals surface area contributed by atoms with Gasteiger partial charge in [-0.25, -0.2) is 0 Å². The highest BCUT2D eigenvalue weighted by Gasteiger charge is 2.50. The first-order valence-electron chi connectivity index (χ1n) is 10.8. The van der Waals surface area contributed by atoms with Gasteiger partial charge in [0.25, 0.3) is 0 Å². The minimum Gasteiger partial charge on any atom is -0.0839 e. The first-order valence-corrected chi connectivity index (χ1v) is 12.5. The third-order valence-corrected chi connectivity index (χ3v) is 11.4. The van der Waals surface area contributed by atoms with Crippen LogP contribution < -0.4 is 10.4 Å². The van der Waals surface area contributed by atoms with Crippen molar-refractivity contribution in [1.82, 2.24) is 0 Å². The second-order valence-corrected chi connectivity index (χ2v) is 13.3. The zero-order valence-corrected chi connectivity index (χ0v) is 19.5. The molecule has 0 aromatic heterocycles. The molecule has 2 aliphatic rings. The van der Waals surface area contributed by atoms with Gasteiger partial charge in [-0.05, 0) is 57.4 Å². The van der Waals surface area contributed by atoms with Crippen molar-refractivity contribution in [2.45, 2.75) is 59.4 Å². The van der Waals surface area contributed by atoms with E-state index >= 15 is 0 Å². The Balaban J connectivity index is 1.90. The second kappa shape index (κ2) is 7.19. The lowest BCUT2D eigenvalue weighted by Gasteiger charge is -2.38. The van der Waals surface area contributed by atoms with Crippen LogP contribution in [0.25, 0.3) is 0 Å². The lowest BCUT2D eigenvalue weighted by atomic mass is 9.91. The van der Waals surface area contributed by atoms with Gasteiger partial charge in [-0.2, -0.15) is 0 Å². The van der Waals surface area contributed by atoms with E-state index in [1.54, 1.807) is 15.9 Å². The molecule has 4 rings (SSSR count). The van der Waals surface area contributed by atoms with E-state index in [1.807, 2.05) is 0 Å². The zero-order valence-electron chi connectivity index (χ0n) is 18.3. The summed E-state index contributed by atoms with van der Waals surface area (Å²) in [5.41, 5.74) is 7.33. The van der Waals surface area contributed by atoms with Crippen LogP contribution in [0.15, 0.2) is 60.2 Å². The van der Waals surface area contributed by atoms with Crippen molar-refractivity contribution >= 4 is 19.2 Å². The zero-order chi connectivity index (χ0) is 20.1. The maximum absolute atomic E-state index is 2.61. The minimum absolute atomic E-state index is 0.364. The average molecular weight is 387 g/mol. The summed E-state index contributed by atoms with van der Waals surface area (Å²) in [6.07, 6.45) is 9.65. The number of benzene rings is 2.